The minimum Gasteiger partial charge on any atom is -0.381 e. The number of methoxy groups -OCH3 is 1. The summed E-state index contributed by atoms with van der Waals surface area (Å²) in [4.78, 5) is 0. The van der Waals surface area contributed by atoms with Crippen LogP contribution in [0.5, 0.6) is 0 Å². The Kier molecular flexibility index (Phi) is 5.46. The molecule has 0 aliphatic carbocycles. The quantitative estimate of drug-likeness (QED) is 0.489. The first-order valence-corrected chi connectivity index (χ1v) is 2.55. The normalized spacial score (nSPS) is 10.6. The summed E-state index contributed by atoms with van der Waals surface area (Å²) < 4.78 is 4.76. The zero-order chi connectivity index (χ0) is 5.54. The minimum atomic E-state index is 0.744. The van der Waals surface area contributed by atoms with Crippen molar-refractivity contribution < 1.29 is 4.74 Å². The summed E-state index contributed by atoms with van der Waals surface area (Å²) in [5.41, 5.74) is 0. The molecule has 0 unspecified atom stereocenters. The van der Waals surface area contributed by atoms with Crippen LogP contribution in [0, 0.1) is 0 Å². The summed E-state index contributed by atoms with van der Waals surface area (Å²) in [6.45, 7) is 2.85. The van der Waals surface area contributed by atoms with E-state index >= 15 is 0 Å². The fourth-order valence-corrected chi connectivity index (χ4v) is 0.331. The number of allylic oxidation sites excluding steroid dienone is 1. The summed E-state index contributed by atoms with van der Waals surface area (Å²) in [7, 11) is 1.69. The Morgan fingerprint density at radius 2 is 2.14 bits per heavy atom. The maximum Gasteiger partial charge on any atom is 0.0643 e. The van der Waals surface area contributed by atoms with Crippen molar-refractivity contribution in [2.24, 2.45) is 0 Å². The van der Waals surface area contributed by atoms with Gasteiger partial charge in [0.15, 0.2) is 0 Å². The van der Waals surface area contributed by atoms with Crippen molar-refractivity contribution >= 4 is 0 Å². The number of hydrogen-bond acceptors (Lipinski definition) is 1. The third kappa shape index (κ3) is 5.70. The molecule has 0 saturated carbocycles. The Morgan fingerprint density at radius 3 is 2.57 bits per heavy atom. The lowest BCUT2D eigenvalue weighted by Crippen LogP contribution is -1.78. The Morgan fingerprint density at radius 1 is 1.43 bits per heavy atom. The maximum absolute atomic E-state index is 4.76. The predicted octanol–water partition coefficient (Wildman–Crippen LogP) is 1.60. The van der Waals surface area contributed by atoms with E-state index in [9.17, 15) is 0 Å². The number of rotatable bonds is 3. The van der Waals surface area contributed by atoms with Crippen LogP contribution in [0.25, 0.3) is 0 Å². The molecule has 1 heteroatoms. The smallest absolute Gasteiger partial charge is 0.0643 e. The predicted molar refractivity (Wildman–Crippen MR) is 31.3 cm³/mol. The van der Waals surface area contributed by atoms with E-state index in [-0.39, 0.29) is 0 Å². The van der Waals surface area contributed by atoms with Crippen LogP contribution in [-0.2, 0) is 4.74 Å². The van der Waals surface area contributed by atoms with Gasteiger partial charge in [-0.15, -0.1) is 0 Å². The fraction of sp³-hybridized carbons (Fsp3) is 0.667. The van der Waals surface area contributed by atoms with Crippen LogP contribution < -0.4 is 0 Å². The lowest BCUT2D eigenvalue weighted by molar-refractivity contribution is 0.233. The van der Waals surface area contributed by atoms with E-state index < -0.39 is 0 Å². The molecule has 0 spiro atoms. The third-order valence-electron chi connectivity index (χ3n) is 0.665. The second-order valence-electron chi connectivity index (χ2n) is 1.33. The summed E-state index contributed by atoms with van der Waals surface area (Å²) in [5, 5.41) is 0. The molecule has 0 fully saturated rings. The Balaban J connectivity index is 2.78. The van der Waals surface area contributed by atoms with E-state index in [1.807, 2.05) is 6.08 Å². The molecule has 7 heavy (non-hydrogen) atoms. The van der Waals surface area contributed by atoms with Crippen LogP contribution in [0.15, 0.2) is 12.2 Å². The topological polar surface area (TPSA) is 9.23 Å². The second kappa shape index (κ2) is 5.70. The molecule has 42 valence electrons. The standard InChI is InChI=1S/C6H12O/c1-3-4-5-6-7-2/h4-5H,3,6H2,1-2H3/b5-4-. The first kappa shape index (κ1) is 6.70. The molecular weight excluding hydrogens is 88.1 g/mol. The van der Waals surface area contributed by atoms with E-state index in [4.69, 9.17) is 4.74 Å². The van der Waals surface area contributed by atoms with Crippen molar-refractivity contribution in [1.82, 2.24) is 0 Å². The molecule has 0 saturated heterocycles. The molecule has 1 nitrogen and oxygen atoms in total. The highest BCUT2D eigenvalue weighted by Gasteiger charge is 1.66. The summed E-state index contributed by atoms with van der Waals surface area (Å²) in [6.07, 6.45) is 5.20. The maximum atomic E-state index is 4.76. The van der Waals surface area contributed by atoms with E-state index in [1.54, 1.807) is 7.11 Å². The summed E-state index contributed by atoms with van der Waals surface area (Å²) in [5.74, 6) is 0. The lowest BCUT2D eigenvalue weighted by atomic mass is 10.4. The van der Waals surface area contributed by atoms with Crippen LogP contribution in [0.2, 0.25) is 0 Å². The van der Waals surface area contributed by atoms with Gasteiger partial charge in [-0.1, -0.05) is 19.1 Å². The van der Waals surface area contributed by atoms with Crippen molar-refractivity contribution in [2.45, 2.75) is 13.3 Å². The van der Waals surface area contributed by atoms with E-state index in [1.165, 1.54) is 0 Å². The Hall–Kier alpha value is -0.300. The van der Waals surface area contributed by atoms with Gasteiger partial charge in [0, 0.05) is 7.11 Å². The molecule has 0 bridgehead atoms. The summed E-state index contributed by atoms with van der Waals surface area (Å²) in [6, 6.07) is 0. The van der Waals surface area contributed by atoms with E-state index in [0.717, 1.165) is 13.0 Å². The molecule has 0 amide bonds. The van der Waals surface area contributed by atoms with Gasteiger partial charge in [0.2, 0.25) is 0 Å². The van der Waals surface area contributed by atoms with Crippen LogP contribution in [0.3, 0.4) is 0 Å². The Labute approximate surface area is 45.0 Å². The molecule has 0 N–H and O–H groups in total. The van der Waals surface area contributed by atoms with Gasteiger partial charge in [-0.3, -0.25) is 0 Å². The van der Waals surface area contributed by atoms with Crippen LogP contribution in [0.1, 0.15) is 13.3 Å². The average molecular weight is 100 g/mol. The zero-order valence-corrected chi connectivity index (χ0v) is 4.98. The monoisotopic (exact) mass is 100 g/mol. The average Bonchev–Trinajstić information content (AvgIpc) is 1.69. The van der Waals surface area contributed by atoms with Crippen molar-refractivity contribution in [3.05, 3.63) is 12.2 Å². The van der Waals surface area contributed by atoms with E-state index in [0.29, 0.717) is 0 Å². The largest absolute Gasteiger partial charge is 0.381 e. The molecular formula is C6H12O. The highest BCUT2D eigenvalue weighted by atomic mass is 16.5. The third-order valence-corrected chi connectivity index (χ3v) is 0.665. The minimum absolute atomic E-state index is 0.744. The molecule has 0 aromatic heterocycles. The second-order valence-corrected chi connectivity index (χ2v) is 1.33. The van der Waals surface area contributed by atoms with Crippen LogP contribution >= 0.6 is 0 Å². The SMILES string of the molecule is CC/C=C\COC. The van der Waals surface area contributed by atoms with Crippen molar-refractivity contribution in [2.75, 3.05) is 13.7 Å². The van der Waals surface area contributed by atoms with Crippen molar-refractivity contribution in [3.63, 3.8) is 0 Å². The fourth-order valence-electron chi connectivity index (χ4n) is 0.331. The Bertz CT molecular complexity index is 48.1. The van der Waals surface area contributed by atoms with Gasteiger partial charge < -0.3 is 4.74 Å². The van der Waals surface area contributed by atoms with Crippen LogP contribution in [-0.4, -0.2) is 13.7 Å². The van der Waals surface area contributed by atoms with Gasteiger partial charge in [-0.05, 0) is 6.42 Å². The first-order valence-electron chi connectivity index (χ1n) is 2.55. The number of ether oxygens (including phenoxy) is 1. The molecule has 0 aromatic rings. The van der Waals surface area contributed by atoms with Gasteiger partial charge >= 0.3 is 0 Å². The highest BCUT2D eigenvalue weighted by Crippen LogP contribution is 1.77. The zero-order valence-electron chi connectivity index (χ0n) is 4.98. The summed E-state index contributed by atoms with van der Waals surface area (Å²) >= 11 is 0. The first-order chi connectivity index (χ1) is 3.41. The van der Waals surface area contributed by atoms with Crippen molar-refractivity contribution in [1.29, 1.82) is 0 Å². The number of hydrogen-bond donors (Lipinski definition) is 0. The lowest BCUT2D eigenvalue weighted by Gasteiger charge is -1.83. The van der Waals surface area contributed by atoms with Gasteiger partial charge in [0.05, 0.1) is 6.61 Å². The molecule has 0 aliphatic heterocycles. The van der Waals surface area contributed by atoms with Gasteiger partial charge in [-0.2, -0.15) is 0 Å². The van der Waals surface area contributed by atoms with Crippen molar-refractivity contribution in [3.8, 4) is 0 Å². The van der Waals surface area contributed by atoms with Crippen LogP contribution in [0.4, 0.5) is 0 Å². The molecule has 0 aromatic carbocycles. The highest BCUT2D eigenvalue weighted by molar-refractivity contribution is 4.79. The van der Waals surface area contributed by atoms with Gasteiger partial charge in [0.1, 0.15) is 0 Å². The molecule has 0 heterocycles. The molecule has 0 rings (SSSR count). The molecule has 0 radical (unpaired) electrons. The molecule has 0 atom stereocenters. The van der Waals surface area contributed by atoms with E-state index in [2.05, 4.69) is 13.0 Å². The van der Waals surface area contributed by atoms with Gasteiger partial charge in [-0.25, -0.2) is 0 Å². The molecule has 0 aliphatic rings. The van der Waals surface area contributed by atoms with Gasteiger partial charge in [0.25, 0.3) is 0 Å².